The van der Waals surface area contributed by atoms with Gasteiger partial charge in [0.25, 0.3) is 5.56 Å². The van der Waals surface area contributed by atoms with Gasteiger partial charge in [-0.05, 0) is 44.4 Å². The number of rotatable bonds is 6. The monoisotopic (exact) mass is 354 g/mol. The zero-order valence-corrected chi connectivity index (χ0v) is 15.7. The number of aromatic nitrogens is 2. The summed E-state index contributed by atoms with van der Waals surface area (Å²) in [5, 5.41) is 0.991. The normalized spacial score (nSPS) is 12.0. The van der Waals surface area contributed by atoms with Gasteiger partial charge < -0.3 is 25.3 Å². The first-order chi connectivity index (χ1) is 12.2. The van der Waals surface area contributed by atoms with Gasteiger partial charge >= 0.3 is 0 Å². The van der Waals surface area contributed by atoms with Gasteiger partial charge in [-0.15, -0.1) is 0 Å². The van der Waals surface area contributed by atoms with E-state index in [-0.39, 0.29) is 11.0 Å². The van der Waals surface area contributed by atoms with E-state index in [0.29, 0.717) is 17.9 Å². The summed E-state index contributed by atoms with van der Waals surface area (Å²) in [4.78, 5) is 20.1. The van der Waals surface area contributed by atoms with Crippen molar-refractivity contribution in [1.82, 2.24) is 14.9 Å². The molecule has 26 heavy (non-hydrogen) atoms. The molecule has 0 radical (unpaired) electrons. The maximum absolute atomic E-state index is 12.1. The highest BCUT2D eigenvalue weighted by Gasteiger charge is 2.20. The Morgan fingerprint density at radius 2 is 1.96 bits per heavy atom. The van der Waals surface area contributed by atoms with Crippen LogP contribution in [0.25, 0.3) is 22.2 Å². The highest BCUT2D eigenvalue weighted by molar-refractivity contribution is 5.87. The SMILES string of the molecule is CN(C)CC(C)(C)COc1ccc2[nH]c(-c3cc(N)c[nH]c3=O)cc2c1. The first kappa shape index (κ1) is 18.1. The van der Waals surface area contributed by atoms with Crippen molar-refractivity contribution in [3.8, 4) is 17.0 Å². The summed E-state index contributed by atoms with van der Waals surface area (Å²) >= 11 is 0. The van der Waals surface area contributed by atoms with Gasteiger partial charge in [0.1, 0.15) is 5.75 Å². The maximum atomic E-state index is 12.1. The number of nitrogen functional groups attached to an aromatic ring is 1. The molecule has 0 saturated carbocycles. The summed E-state index contributed by atoms with van der Waals surface area (Å²) in [7, 11) is 4.13. The summed E-state index contributed by atoms with van der Waals surface area (Å²) in [6, 6.07) is 9.51. The van der Waals surface area contributed by atoms with E-state index in [1.807, 2.05) is 24.3 Å². The van der Waals surface area contributed by atoms with Crippen molar-refractivity contribution in [3.63, 3.8) is 0 Å². The van der Waals surface area contributed by atoms with Crippen LogP contribution in [0.1, 0.15) is 13.8 Å². The van der Waals surface area contributed by atoms with Crippen LogP contribution in [0.15, 0.2) is 41.3 Å². The lowest BCUT2D eigenvalue weighted by atomic mass is 9.94. The molecule has 0 saturated heterocycles. The summed E-state index contributed by atoms with van der Waals surface area (Å²) in [6.07, 6.45) is 1.50. The average molecular weight is 354 g/mol. The third kappa shape index (κ3) is 4.08. The number of aromatic amines is 2. The number of hydrogen-bond acceptors (Lipinski definition) is 4. The van der Waals surface area contributed by atoms with Gasteiger partial charge in [-0.3, -0.25) is 4.79 Å². The van der Waals surface area contributed by atoms with Crippen molar-refractivity contribution in [3.05, 3.63) is 46.9 Å². The van der Waals surface area contributed by atoms with Gasteiger partial charge in [0.15, 0.2) is 0 Å². The molecule has 0 aliphatic carbocycles. The lowest BCUT2D eigenvalue weighted by molar-refractivity contribution is 0.141. The van der Waals surface area contributed by atoms with Crippen molar-refractivity contribution in [2.24, 2.45) is 5.41 Å². The fourth-order valence-corrected chi connectivity index (χ4v) is 3.23. The second-order valence-electron chi connectivity index (χ2n) is 7.80. The number of ether oxygens (including phenoxy) is 1. The van der Waals surface area contributed by atoms with Crippen LogP contribution in [0.5, 0.6) is 5.75 Å². The van der Waals surface area contributed by atoms with Gasteiger partial charge in [0, 0.05) is 34.7 Å². The molecule has 6 nitrogen and oxygen atoms in total. The number of benzene rings is 1. The lowest BCUT2D eigenvalue weighted by Crippen LogP contribution is -2.33. The fourth-order valence-electron chi connectivity index (χ4n) is 3.23. The van der Waals surface area contributed by atoms with E-state index in [0.717, 1.165) is 28.9 Å². The Labute approximate surface area is 153 Å². The smallest absolute Gasteiger partial charge is 0.257 e. The standard InChI is InChI=1S/C20H26N4O2/c1-20(2,11-24(3)4)12-26-15-5-6-17-13(7-15)8-18(23-17)16-9-14(21)10-22-19(16)25/h5-10,23H,11-12,21H2,1-4H3,(H,22,25). The van der Waals surface area contributed by atoms with E-state index in [2.05, 4.69) is 42.8 Å². The molecule has 0 unspecified atom stereocenters. The molecule has 2 heterocycles. The van der Waals surface area contributed by atoms with Crippen LogP contribution in [0, 0.1) is 5.41 Å². The molecule has 1 aromatic carbocycles. The molecule has 4 N–H and O–H groups in total. The number of hydrogen-bond donors (Lipinski definition) is 3. The van der Waals surface area contributed by atoms with E-state index in [4.69, 9.17) is 10.5 Å². The molecule has 138 valence electrons. The summed E-state index contributed by atoms with van der Waals surface area (Å²) in [5.74, 6) is 0.816. The van der Waals surface area contributed by atoms with Gasteiger partial charge in [-0.25, -0.2) is 0 Å². The highest BCUT2D eigenvalue weighted by atomic mass is 16.5. The van der Waals surface area contributed by atoms with Crippen molar-refractivity contribution in [2.75, 3.05) is 33.0 Å². The zero-order chi connectivity index (χ0) is 18.9. The minimum absolute atomic E-state index is 0.0522. The number of H-pyrrole nitrogens is 2. The molecular weight excluding hydrogens is 328 g/mol. The van der Waals surface area contributed by atoms with E-state index in [1.165, 1.54) is 6.20 Å². The van der Waals surface area contributed by atoms with Crippen LogP contribution >= 0.6 is 0 Å². The lowest BCUT2D eigenvalue weighted by Gasteiger charge is -2.28. The quantitative estimate of drug-likeness (QED) is 0.635. The molecule has 0 amide bonds. The first-order valence-electron chi connectivity index (χ1n) is 8.62. The molecule has 0 fully saturated rings. The molecule has 3 rings (SSSR count). The Hall–Kier alpha value is -2.73. The van der Waals surface area contributed by atoms with Crippen molar-refractivity contribution in [1.29, 1.82) is 0 Å². The number of nitrogens with zero attached hydrogens (tertiary/aromatic N) is 1. The molecule has 6 heteroatoms. The summed E-state index contributed by atoms with van der Waals surface area (Å²) in [6.45, 7) is 5.95. The Kier molecular flexibility index (Phi) is 4.78. The second kappa shape index (κ2) is 6.88. The van der Waals surface area contributed by atoms with E-state index in [1.54, 1.807) is 6.07 Å². The topological polar surface area (TPSA) is 87.1 Å². The largest absolute Gasteiger partial charge is 0.493 e. The van der Waals surface area contributed by atoms with Crippen LogP contribution < -0.4 is 16.0 Å². The van der Waals surface area contributed by atoms with Crippen LogP contribution in [-0.4, -0.2) is 42.1 Å². The summed E-state index contributed by atoms with van der Waals surface area (Å²) in [5.41, 5.74) is 8.39. The number of anilines is 1. The minimum Gasteiger partial charge on any atom is -0.493 e. The molecule has 0 atom stereocenters. The van der Waals surface area contributed by atoms with Gasteiger partial charge in [-0.2, -0.15) is 0 Å². The number of nitrogens with two attached hydrogens (primary N) is 1. The van der Waals surface area contributed by atoms with Crippen molar-refractivity contribution in [2.45, 2.75) is 13.8 Å². The Morgan fingerprint density at radius 3 is 2.69 bits per heavy atom. The Morgan fingerprint density at radius 1 is 1.19 bits per heavy atom. The van der Waals surface area contributed by atoms with E-state index >= 15 is 0 Å². The van der Waals surface area contributed by atoms with Crippen LogP contribution in [0.4, 0.5) is 5.69 Å². The molecule has 0 bridgehead atoms. The highest BCUT2D eigenvalue weighted by Crippen LogP contribution is 2.27. The minimum atomic E-state index is -0.173. The molecule has 0 aliphatic rings. The third-order valence-electron chi connectivity index (χ3n) is 4.18. The van der Waals surface area contributed by atoms with Crippen molar-refractivity contribution < 1.29 is 4.74 Å². The number of pyridine rings is 1. The molecule has 2 aromatic heterocycles. The van der Waals surface area contributed by atoms with E-state index < -0.39 is 0 Å². The summed E-state index contributed by atoms with van der Waals surface area (Å²) < 4.78 is 6.01. The number of fused-ring (bicyclic) bond motifs is 1. The van der Waals surface area contributed by atoms with Gasteiger partial charge in [0.2, 0.25) is 0 Å². The van der Waals surface area contributed by atoms with Crippen molar-refractivity contribution >= 4 is 16.6 Å². The van der Waals surface area contributed by atoms with Crippen LogP contribution in [0.2, 0.25) is 0 Å². The first-order valence-corrected chi connectivity index (χ1v) is 8.62. The van der Waals surface area contributed by atoms with Crippen LogP contribution in [0.3, 0.4) is 0 Å². The maximum Gasteiger partial charge on any atom is 0.257 e. The molecule has 0 spiro atoms. The second-order valence-corrected chi connectivity index (χ2v) is 7.80. The Bertz CT molecular complexity index is 969. The zero-order valence-electron chi connectivity index (χ0n) is 15.7. The fraction of sp³-hybridized carbons (Fsp3) is 0.350. The molecule has 0 aliphatic heterocycles. The predicted octanol–water partition coefficient (Wildman–Crippen LogP) is 3.07. The molecular formula is C20H26N4O2. The third-order valence-corrected chi connectivity index (χ3v) is 4.18. The average Bonchev–Trinajstić information content (AvgIpc) is 2.97. The van der Waals surface area contributed by atoms with Gasteiger partial charge in [0.05, 0.1) is 17.9 Å². The number of nitrogens with one attached hydrogen (secondary N) is 2. The van der Waals surface area contributed by atoms with E-state index in [9.17, 15) is 4.79 Å². The van der Waals surface area contributed by atoms with Gasteiger partial charge in [-0.1, -0.05) is 13.8 Å². The Balaban J connectivity index is 1.84. The molecule has 3 aromatic rings. The predicted molar refractivity (Wildman–Crippen MR) is 107 cm³/mol. The van der Waals surface area contributed by atoms with Crippen LogP contribution in [-0.2, 0) is 0 Å².